The van der Waals surface area contributed by atoms with Crippen molar-refractivity contribution in [3.8, 4) is 0 Å². The molecule has 0 atom stereocenters. The molecule has 0 radical (unpaired) electrons. The molecule has 1 amide bonds. The van der Waals surface area contributed by atoms with E-state index in [-0.39, 0.29) is 14.8 Å². The summed E-state index contributed by atoms with van der Waals surface area (Å²) >= 11 is 0. The number of anilines is 1. The number of hydrogen-bond acceptors (Lipinski definition) is 5. The van der Waals surface area contributed by atoms with E-state index in [2.05, 4.69) is 24.5 Å². The quantitative estimate of drug-likeness (QED) is 0.507. The third-order valence-corrected chi connectivity index (χ3v) is 4.44. The van der Waals surface area contributed by atoms with Gasteiger partial charge in [0.15, 0.2) is 0 Å². The van der Waals surface area contributed by atoms with Crippen LogP contribution in [0.4, 0.5) is 5.69 Å². The summed E-state index contributed by atoms with van der Waals surface area (Å²) < 4.78 is 5.06. The summed E-state index contributed by atoms with van der Waals surface area (Å²) in [6.45, 7) is 5.49. The van der Waals surface area contributed by atoms with Crippen LogP contribution in [0.15, 0.2) is 72.6 Å². The summed E-state index contributed by atoms with van der Waals surface area (Å²) in [6.07, 6.45) is 6.07. The lowest BCUT2D eigenvalue weighted by molar-refractivity contribution is -0.00346. The zero-order valence-electron chi connectivity index (χ0n) is 17.7. The van der Waals surface area contributed by atoms with Crippen molar-refractivity contribution >= 4 is 17.3 Å². The average molecular weight is 413 g/mol. The van der Waals surface area contributed by atoms with Gasteiger partial charge >= 0.3 is 0 Å². The Kier molecular flexibility index (Phi) is 9.48. The van der Waals surface area contributed by atoms with Gasteiger partial charge in [-0.2, -0.15) is 0 Å². The lowest BCUT2D eigenvalue weighted by Crippen LogP contribution is -2.48. The van der Waals surface area contributed by atoms with Crippen molar-refractivity contribution in [2.24, 2.45) is 11.5 Å². The van der Waals surface area contributed by atoms with E-state index in [4.69, 9.17) is 16.2 Å². The van der Waals surface area contributed by atoms with Gasteiger partial charge < -0.3 is 26.8 Å². The minimum Gasteiger partial charge on any atom is -0.398 e. The molecule has 0 aromatic heterocycles. The van der Waals surface area contributed by atoms with Gasteiger partial charge in [-0.25, -0.2) is 0 Å². The van der Waals surface area contributed by atoms with Gasteiger partial charge in [0.05, 0.1) is 19.3 Å². The lowest BCUT2D eigenvalue weighted by atomic mass is 10.1. The normalized spacial score (nSPS) is 14.2. The smallest absolute Gasteiger partial charge is 0.251 e. The molecule has 3 rings (SSSR count). The lowest BCUT2D eigenvalue weighted by Gasteiger charge is -2.26. The van der Waals surface area contributed by atoms with E-state index in [0.717, 1.165) is 11.3 Å². The van der Waals surface area contributed by atoms with E-state index < -0.39 is 0 Å². The van der Waals surface area contributed by atoms with Crippen LogP contribution in [-0.4, -0.2) is 25.2 Å². The Hall–Kier alpha value is -3.25. The zero-order valence-corrected chi connectivity index (χ0v) is 17.7. The first-order chi connectivity index (χ1) is 14.5. The van der Waals surface area contributed by atoms with E-state index in [1.165, 1.54) is 12.8 Å². The second-order valence-electron chi connectivity index (χ2n) is 7.02. The van der Waals surface area contributed by atoms with Crippen molar-refractivity contribution in [2.75, 3.05) is 18.5 Å². The number of carbonyl (C=O) groups excluding carboxylic acids is 1. The molecule has 6 heteroatoms. The van der Waals surface area contributed by atoms with Crippen LogP contribution in [0.5, 0.6) is 0 Å². The number of unbranched alkanes of at least 4 members (excludes halogenated alkanes) is 1. The van der Waals surface area contributed by atoms with Crippen molar-refractivity contribution in [2.45, 2.75) is 32.7 Å². The van der Waals surface area contributed by atoms with Gasteiger partial charge in [0.25, 0.3) is 5.91 Å². The maximum absolute atomic E-state index is 12.2. The Morgan fingerprint density at radius 3 is 2.30 bits per heavy atom. The molecule has 2 aromatic carbocycles. The van der Waals surface area contributed by atoms with E-state index in [1.807, 2.05) is 36.4 Å². The highest BCUT2D eigenvalue weighted by molar-refractivity contribution is 5.95. The standard InChI is InChI=1S/C20H22N4O2.C4H10.2H2/c21-18(14-5-2-1-3-6-14)9-10-19(22)23-16-8-4-7-15(11-16)20(25)24-17-12-26-13-17;1-3-4-2;;/h1-11,17,23H,12-13,21-22H2,(H,24,25);3-4H2,1-2H3;2*1H/b18-9-,19-10+;;;. The van der Waals surface area contributed by atoms with Crippen LogP contribution in [0.25, 0.3) is 5.70 Å². The van der Waals surface area contributed by atoms with Crippen LogP contribution in [0.2, 0.25) is 0 Å². The molecule has 1 saturated heterocycles. The summed E-state index contributed by atoms with van der Waals surface area (Å²) in [5.74, 6) is 0.298. The molecule has 2 aromatic rings. The largest absolute Gasteiger partial charge is 0.398 e. The van der Waals surface area contributed by atoms with Gasteiger partial charge in [-0.1, -0.05) is 63.1 Å². The van der Waals surface area contributed by atoms with Crippen molar-refractivity contribution in [1.29, 1.82) is 0 Å². The number of ether oxygens (including phenoxy) is 1. The van der Waals surface area contributed by atoms with E-state index >= 15 is 0 Å². The van der Waals surface area contributed by atoms with Crippen LogP contribution in [0.3, 0.4) is 0 Å². The summed E-state index contributed by atoms with van der Waals surface area (Å²) in [6, 6.07) is 16.9. The SMILES string of the molecule is CCCC.N/C(=C\C=C(/N)Nc1cccc(C(=O)NC2COC2)c1)c1ccccc1.[HH].[HH]. The molecule has 1 heterocycles. The van der Waals surface area contributed by atoms with Gasteiger partial charge in [0.2, 0.25) is 0 Å². The maximum atomic E-state index is 12.2. The molecule has 1 aliphatic rings. The topological polar surface area (TPSA) is 102 Å². The van der Waals surface area contributed by atoms with Gasteiger partial charge in [-0.15, -0.1) is 0 Å². The predicted molar refractivity (Wildman–Crippen MR) is 128 cm³/mol. The number of carbonyl (C=O) groups is 1. The number of benzene rings is 2. The minimum atomic E-state index is -0.127. The van der Waals surface area contributed by atoms with Crippen LogP contribution in [-0.2, 0) is 4.74 Å². The first kappa shape index (κ1) is 23.0. The van der Waals surface area contributed by atoms with E-state index in [1.54, 1.807) is 30.4 Å². The number of nitrogens with two attached hydrogens (primary N) is 2. The Bertz CT molecular complexity index is 867. The fourth-order valence-corrected chi connectivity index (χ4v) is 2.44. The predicted octanol–water partition coefficient (Wildman–Crippen LogP) is 4.33. The Labute approximate surface area is 182 Å². The number of allylic oxidation sites excluding steroid dienone is 2. The number of rotatable bonds is 7. The van der Waals surface area contributed by atoms with Crippen molar-refractivity contribution in [3.05, 3.63) is 83.7 Å². The minimum absolute atomic E-state index is 0. The van der Waals surface area contributed by atoms with Crippen molar-refractivity contribution in [1.82, 2.24) is 5.32 Å². The van der Waals surface area contributed by atoms with Gasteiger partial charge in [-0.3, -0.25) is 4.79 Å². The third kappa shape index (κ3) is 7.64. The molecular weight excluding hydrogens is 376 g/mol. The molecule has 164 valence electrons. The fourth-order valence-electron chi connectivity index (χ4n) is 2.44. The highest BCUT2D eigenvalue weighted by Crippen LogP contribution is 2.13. The second-order valence-corrected chi connectivity index (χ2v) is 7.02. The monoisotopic (exact) mass is 412 g/mol. The average Bonchev–Trinajstić information content (AvgIpc) is 2.75. The molecule has 0 unspecified atom stereocenters. The van der Waals surface area contributed by atoms with Crippen LogP contribution in [0.1, 0.15) is 45.5 Å². The first-order valence-electron chi connectivity index (χ1n) is 10.3. The molecule has 0 saturated carbocycles. The number of hydrogen-bond donors (Lipinski definition) is 4. The van der Waals surface area contributed by atoms with Crippen molar-refractivity contribution in [3.63, 3.8) is 0 Å². The molecule has 6 nitrogen and oxygen atoms in total. The highest BCUT2D eigenvalue weighted by Gasteiger charge is 2.20. The summed E-state index contributed by atoms with van der Waals surface area (Å²) in [5.41, 5.74) is 14.9. The first-order valence-corrected chi connectivity index (χ1v) is 10.3. The summed E-state index contributed by atoms with van der Waals surface area (Å²) in [7, 11) is 0. The molecular formula is C24H36N4O2. The van der Waals surface area contributed by atoms with Crippen LogP contribution < -0.4 is 22.1 Å². The maximum Gasteiger partial charge on any atom is 0.251 e. The second kappa shape index (κ2) is 12.3. The summed E-state index contributed by atoms with van der Waals surface area (Å²) in [4.78, 5) is 12.2. The molecule has 6 N–H and O–H groups in total. The fraction of sp³-hybridized carbons (Fsp3) is 0.292. The van der Waals surface area contributed by atoms with E-state index in [0.29, 0.717) is 30.3 Å². The third-order valence-electron chi connectivity index (χ3n) is 4.44. The van der Waals surface area contributed by atoms with Crippen molar-refractivity contribution < 1.29 is 12.4 Å². The highest BCUT2D eigenvalue weighted by atomic mass is 16.5. The van der Waals surface area contributed by atoms with Gasteiger partial charge in [0, 0.05) is 19.8 Å². The molecule has 0 aliphatic carbocycles. The molecule has 30 heavy (non-hydrogen) atoms. The van der Waals surface area contributed by atoms with Gasteiger partial charge in [0.1, 0.15) is 5.82 Å². The van der Waals surface area contributed by atoms with Gasteiger partial charge in [-0.05, 0) is 35.9 Å². The molecule has 1 aliphatic heterocycles. The Morgan fingerprint density at radius 2 is 1.70 bits per heavy atom. The number of amides is 1. The molecule has 0 bridgehead atoms. The number of nitrogens with one attached hydrogen (secondary N) is 2. The summed E-state index contributed by atoms with van der Waals surface area (Å²) in [5, 5.41) is 5.97. The zero-order chi connectivity index (χ0) is 21.8. The molecule has 1 fully saturated rings. The van der Waals surface area contributed by atoms with E-state index in [9.17, 15) is 4.79 Å². The Morgan fingerprint density at radius 1 is 1.03 bits per heavy atom. The van der Waals surface area contributed by atoms with Crippen LogP contribution in [0, 0.1) is 0 Å². The van der Waals surface area contributed by atoms with Crippen LogP contribution >= 0.6 is 0 Å². The Balaban J connectivity index is 0.00000148. The molecule has 0 spiro atoms.